The highest BCUT2D eigenvalue weighted by Crippen LogP contribution is 2.19. The first kappa shape index (κ1) is 16.6. The summed E-state index contributed by atoms with van der Waals surface area (Å²) >= 11 is 0. The highest BCUT2D eigenvalue weighted by molar-refractivity contribution is 5.84. The number of aromatic nitrogens is 1. The van der Waals surface area contributed by atoms with E-state index in [1.165, 1.54) is 24.6 Å². The van der Waals surface area contributed by atoms with E-state index in [2.05, 4.69) is 48.9 Å². The molecule has 3 nitrogen and oxygen atoms in total. The minimum atomic E-state index is 0.111. The van der Waals surface area contributed by atoms with E-state index in [1.54, 1.807) is 0 Å². The van der Waals surface area contributed by atoms with E-state index in [0.717, 1.165) is 24.2 Å². The van der Waals surface area contributed by atoms with Crippen molar-refractivity contribution in [3.05, 3.63) is 36.0 Å². The van der Waals surface area contributed by atoms with Crippen LogP contribution in [-0.2, 0) is 11.3 Å². The summed E-state index contributed by atoms with van der Waals surface area (Å²) in [4.78, 5) is 12.3. The van der Waals surface area contributed by atoms with Gasteiger partial charge in [-0.1, -0.05) is 51.3 Å². The highest BCUT2D eigenvalue weighted by Gasteiger charge is 2.11. The molecular weight excluding hydrogens is 272 g/mol. The third-order valence-corrected chi connectivity index (χ3v) is 4.45. The quantitative estimate of drug-likeness (QED) is 0.775. The molecule has 0 bridgehead atoms. The molecule has 0 aliphatic rings. The van der Waals surface area contributed by atoms with Crippen LogP contribution >= 0.6 is 0 Å². The number of fused-ring (bicyclic) bond motifs is 1. The number of carbonyl (C=O) groups excluding carboxylic acids is 1. The second-order valence-electron chi connectivity index (χ2n) is 6.15. The van der Waals surface area contributed by atoms with Crippen molar-refractivity contribution in [2.75, 3.05) is 6.54 Å². The molecule has 0 saturated heterocycles. The predicted octanol–water partition coefficient (Wildman–Crippen LogP) is 4.28. The second kappa shape index (κ2) is 8.02. The highest BCUT2D eigenvalue weighted by atomic mass is 16.1. The van der Waals surface area contributed by atoms with Crippen molar-refractivity contribution in [3.63, 3.8) is 0 Å². The fraction of sp³-hybridized carbons (Fsp3) is 0.526. The van der Waals surface area contributed by atoms with Crippen LogP contribution in [0.15, 0.2) is 30.3 Å². The standard InChI is InChI=1S/C19H28N2O/c1-4-6-9-16(5-2)13-20-19(22)14-21-15(3)12-17-10-7-8-11-18(17)21/h7-8,10-12,16H,4-6,9,13-14H2,1-3H3,(H,20,22)/t16-/m1/s1. The molecular formula is C19H28N2O. The van der Waals surface area contributed by atoms with Crippen LogP contribution in [0.3, 0.4) is 0 Å². The zero-order valence-electron chi connectivity index (χ0n) is 14.1. The van der Waals surface area contributed by atoms with Gasteiger partial charge in [-0.05, 0) is 36.8 Å². The molecule has 0 aliphatic heterocycles. The summed E-state index contributed by atoms with van der Waals surface area (Å²) in [6, 6.07) is 10.4. The van der Waals surface area contributed by atoms with E-state index in [9.17, 15) is 4.79 Å². The number of unbranched alkanes of at least 4 members (excludes halogenated alkanes) is 1. The van der Waals surface area contributed by atoms with Crippen LogP contribution in [0.4, 0.5) is 0 Å². The van der Waals surface area contributed by atoms with Crippen molar-refractivity contribution in [2.45, 2.75) is 53.0 Å². The van der Waals surface area contributed by atoms with Gasteiger partial charge < -0.3 is 9.88 Å². The Morgan fingerprint density at radius 2 is 2.05 bits per heavy atom. The average molecular weight is 300 g/mol. The van der Waals surface area contributed by atoms with Crippen LogP contribution < -0.4 is 5.32 Å². The molecule has 1 heterocycles. The Kier molecular flexibility index (Phi) is 6.05. The van der Waals surface area contributed by atoms with Crippen molar-refractivity contribution >= 4 is 16.8 Å². The maximum absolute atomic E-state index is 12.3. The second-order valence-corrected chi connectivity index (χ2v) is 6.15. The molecule has 1 amide bonds. The van der Waals surface area contributed by atoms with Gasteiger partial charge in [0.05, 0.1) is 0 Å². The molecule has 0 radical (unpaired) electrons. The number of amides is 1. The lowest BCUT2D eigenvalue weighted by Gasteiger charge is -2.16. The molecule has 1 atom stereocenters. The van der Waals surface area contributed by atoms with E-state index < -0.39 is 0 Å². The molecule has 0 unspecified atom stereocenters. The summed E-state index contributed by atoms with van der Waals surface area (Å²) in [7, 11) is 0. The number of nitrogens with zero attached hydrogens (tertiary/aromatic N) is 1. The Hall–Kier alpha value is -1.77. The first-order valence-electron chi connectivity index (χ1n) is 8.47. The number of hydrogen-bond donors (Lipinski definition) is 1. The van der Waals surface area contributed by atoms with Crippen LogP contribution in [0.25, 0.3) is 10.9 Å². The third-order valence-electron chi connectivity index (χ3n) is 4.45. The fourth-order valence-electron chi connectivity index (χ4n) is 2.96. The van der Waals surface area contributed by atoms with Crippen LogP contribution in [0, 0.1) is 12.8 Å². The number of benzene rings is 1. The van der Waals surface area contributed by atoms with Crippen molar-refractivity contribution in [1.29, 1.82) is 0 Å². The van der Waals surface area contributed by atoms with Crippen molar-refractivity contribution in [3.8, 4) is 0 Å². The summed E-state index contributed by atoms with van der Waals surface area (Å²) in [5.74, 6) is 0.714. The predicted molar refractivity (Wildman–Crippen MR) is 93.0 cm³/mol. The number of nitrogens with one attached hydrogen (secondary N) is 1. The molecule has 120 valence electrons. The number of aryl methyl sites for hydroxylation is 1. The SMILES string of the molecule is CCCC[C@@H](CC)CNC(=O)Cn1c(C)cc2ccccc21. The Morgan fingerprint density at radius 3 is 2.77 bits per heavy atom. The van der Waals surface area contributed by atoms with Crippen molar-refractivity contribution in [2.24, 2.45) is 5.92 Å². The van der Waals surface area contributed by atoms with Gasteiger partial charge in [-0.15, -0.1) is 0 Å². The Balaban J connectivity index is 1.95. The minimum absolute atomic E-state index is 0.111. The largest absolute Gasteiger partial charge is 0.354 e. The first-order valence-corrected chi connectivity index (χ1v) is 8.47. The Bertz CT molecular complexity index is 615. The maximum atomic E-state index is 12.3. The summed E-state index contributed by atoms with van der Waals surface area (Å²) in [6.45, 7) is 7.68. The van der Waals surface area contributed by atoms with E-state index in [0.29, 0.717) is 12.5 Å². The van der Waals surface area contributed by atoms with Gasteiger partial charge in [0.25, 0.3) is 0 Å². The summed E-state index contributed by atoms with van der Waals surface area (Å²) in [5, 5.41) is 4.31. The van der Waals surface area contributed by atoms with Gasteiger partial charge in [0.15, 0.2) is 0 Å². The number of carbonyl (C=O) groups is 1. The summed E-state index contributed by atoms with van der Waals surface area (Å²) in [5.41, 5.74) is 2.27. The molecule has 3 heteroatoms. The zero-order chi connectivity index (χ0) is 15.9. The molecule has 0 aliphatic carbocycles. The molecule has 22 heavy (non-hydrogen) atoms. The van der Waals surface area contributed by atoms with Crippen LogP contribution in [0.2, 0.25) is 0 Å². The minimum Gasteiger partial charge on any atom is -0.354 e. The van der Waals surface area contributed by atoms with Crippen LogP contribution in [-0.4, -0.2) is 17.0 Å². The number of rotatable bonds is 8. The van der Waals surface area contributed by atoms with Gasteiger partial charge in [-0.2, -0.15) is 0 Å². The molecule has 0 fully saturated rings. The smallest absolute Gasteiger partial charge is 0.239 e. The summed E-state index contributed by atoms with van der Waals surface area (Å²) in [6.07, 6.45) is 4.80. The lowest BCUT2D eigenvalue weighted by Crippen LogP contribution is -2.32. The molecule has 1 N–H and O–H groups in total. The molecule has 0 saturated carbocycles. The average Bonchev–Trinajstić information content (AvgIpc) is 2.83. The third kappa shape index (κ3) is 4.12. The maximum Gasteiger partial charge on any atom is 0.239 e. The number of hydrogen-bond acceptors (Lipinski definition) is 1. The van der Waals surface area contributed by atoms with Gasteiger partial charge in [0.2, 0.25) is 5.91 Å². The normalized spacial score (nSPS) is 12.5. The summed E-state index contributed by atoms with van der Waals surface area (Å²) < 4.78 is 2.09. The molecule has 0 spiro atoms. The van der Waals surface area contributed by atoms with Gasteiger partial charge in [0.1, 0.15) is 6.54 Å². The lowest BCUT2D eigenvalue weighted by molar-refractivity contribution is -0.121. The Labute approximate surface area is 133 Å². The molecule has 1 aromatic carbocycles. The topological polar surface area (TPSA) is 34.0 Å². The molecule has 1 aromatic heterocycles. The Morgan fingerprint density at radius 1 is 1.27 bits per heavy atom. The monoisotopic (exact) mass is 300 g/mol. The van der Waals surface area contributed by atoms with Crippen molar-refractivity contribution < 1.29 is 4.79 Å². The van der Waals surface area contributed by atoms with Gasteiger partial charge in [-0.3, -0.25) is 4.79 Å². The number of para-hydroxylation sites is 1. The van der Waals surface area contributed by atoms with Gasteiger partial charge in [0, 0.05) is 17.8 Å². The first-order chi connectivity index (χ1) is 10.7. The molecule has 2 rings (SSSR count). The van der Waals surface area contributed by atoms with E-state index in [1.807, 2.05) is 12.1 Å². The van der Waals surface area contributed by atoms with E-state index in [4.69, 9.17) is 0 Å². The lowest BCUT2D eigenvalue weighted by atomic mass is 9.99. The van der Waals surface area contributed by atoms with Crippen molar-refractivity contribution in [1.82, 2.24) is 9.88 Å². The van der Waals surface area contributed by atoms with E-state index in [-0.39, 0.29) is 5.91 Å². The molecule has 2 aromatic rings. The van der Waals surface area contributed by atoms with Crippen LogP contribution in [0.1, 0.15) is 45.2 Å². The zero-order valence-corrected chi connectivity index (χ0v) is 14.1. The van der Waals surface area contributed by atoms with Gasteiger partial charge in [-0.25, -0.2) is 0 Å². The van der Waals surface area contributed by atoms with Gasteiger partial charge >= 0.3 is 0 Å². The fourth-order valence-corrected chi connectivity index (χ4v) is 2.96. The van der Waals surface area contributed by atoms with E-state index >= 15 is 0 Å². The van der Waals surface area contributed by atoms with Crippen LogP contribution in [0.5, 0.6) is 0 Å².